The third-order valence-electron chi connectivity index (χ3n) is 5.55. The molecule has 1 aliphatic carbocycles. The van der Waals surface area contributed by atoms with Gasteiger partial charge < -0.3 is 9.64 Å². The Labute approximate surface area is 135 Å². The first-order chi connectivity index (χ1) is 10.6. The Morgan fingerprint density at radius 3 is 2.68 bits per heavy atom. The number of benzene rings is 1. The summed E-state index contributed by atoms with van der Waals surface area (Å²) in [5.41, 5.74) is 2.76. The van der Waals surface area contributed by atoms with Crippen LogP contribution in [0, 0.1) is 6.92 Å². The molecule has 2 aliphatic rings. The number of hydrogen-bond acceptors (Lipinski definition) is 2. The Balaban J connectivity index is 1.75. The monoisotopic (exact) mass is 299 g/mol. The minimum atomic E-state index is 0.0448. The summed E-state index contributed by atoms with van der Waals surface area (Å²) in [6.07, 6.45) is 8.49. The van der Waals surface area contributed by atoms with Crippen LogP contribution in [0.25, 0.3) is 0 Å². The highest BCUT2D eigenvalue weighted by molar-refractivity contribution is 5.36. The zero-order chi connectivity index (χ0) is 15.6. The largest absolute Gasteiger partial charge is 0.496 e. The minimum Gasteiger partial charge on any atom is -0.496 e. The van der Waals surface area contributed by atoms with E-state index in [1.54, 1.807) is 0 Å². The van der Waals surface area contributed by atoms with E-state index in [0.29, 0.717) is 6.04 Å². The molecule has 3 rings (SSSR count). The lowest BCUT2D eigenvalue weighted by molar-refractivity contribution is 0.106. The topological polar surface area (TPSA) is 12.5 Å². The van der Waals surface area contributed by atoms with E-state index in [0.717, 1.165) is 13.0 Å². The molecule has 0 saturated carbocycles. The number of allylic oxidation sites excluding steroid dienone is 2. The highest BCUT2D eigenvalue weighted by Gasteiger charge is 2.35. The van der Waals surface area contributed by atoms with E-state index in [1.165, 1.54) is 49.1 Å². The van der Waals surface area contributed by atoms with Crippen LogP contribution in [0.15, 0.2) is 36.1 Å². The van der Waals surface area contributed by atoms with Crippen molar-refractivity contribution in [3.8, 4) is 0 Å². The Morgan fingerprint density at radius 2 is 2.00 bits per heavy atom. The highest BCUT2D eigenvalue weighted by Crippen LogP contribution is 2.41. The number of hydrogen-bond donors (Lipinski definition) is 0. The summed E-state index contributed by atoms with van der Waals surface area (Å²) < 4.78 is 6.36. The van der Waals surface area contributed by atoms with Gasteiger partial charge in [0.25, 0.3) is 0 Å². The molecular formula is C20H29NO. The fraction of sp³-hybridized carbons (Fsp3) is 0.600. The van der Waals surface area contributed by atoms with E-state index in [2.05, 4.69) is 56.1 Å². The molecule has 1 saturated heterocycles. The van der Waals surface area contributed by atoms with Crippen LogP contribution in [0.4, 0.5) is 0 Å². The van der Waals surface area contributed by atoms with Gasteiger partial charge in [-0.25, -0.2) is 0 Å². The van der Waals surface area contributed by atoms with Gasteiger partial charge in [0.15, 0.2) is 0 Å². The molecule has 0 spiro atoms. The van der Waals surface area contributed by atoms with Crippen molar-refractivity contribution in [3.05, 3.63) is 47.2 Å². The molecule has 0 aromatic heterocycles. The maximum Gasteiger partial charge on any atom is 0.103 e. The van der Waals surface area contributed by atoms with E-state index >= 15 is 0 Å². The van der Waals surface area contributed by atoms with Crippen LogP contribution in [0.5, 0.6) is 0 Å². The van der Waals surface area contributed by atoms with Gasteiger partial charge in [-0.3, -0.25) is 0 Å². The van der Waals surface area contributed by atoms with Crippen molar-refractivity contribution >= 4 is 0 Å². The predicted octanol–water partition coefficient (Wildman–Crippen LogP) is 4.43. The quantitative estimate of drug-likeness (QED) is 0.815. The fourth-order valence-electron chi connectivity index (χ4n) is 3.84. The molecule has 120 valence electrons. The molecule has 1 aliphatic heterocycles. The van der Waals surface area contributed by atoms with Crippen LogP contribution in [0.3, 0.4) is 0 Å². The summed E-state index contributed by atoms with van der Waals surface area (Å²) in [4.78, 5) is 2.44. The third-order valence-corrected chi connectivity index (χ3v) is 5.55. The molecule has 0 radical (unpaired) electrons. The van der Waals surface area contributed by atoms with Crippen LogP contribution in [-0.2, 0) is 10.2 Å². The maximum absolute atomic E-state index is 6.36. The second-order valence-electron chi connectivity index (χ2n) is 7.25. The summed E-state index contributed by atoms with van der Waals surface area (Å²) in [6.45, 7) is 6.54. The predicted molar refractivity (Wildman–Crippen MR) is 92.1 cm³/mol. The number of likely N-dealkylation sites (tertiary alicyclic amines) is 1. The number of rotatable bonds is 4. The van der Waals surface area contributed by atoms with Crippen molar-refractivity contribution in [2.45, 2.75) is 57.4 Å². The van der Waals surface area contributed by atoms with Crippen molar-refractivity contribution in [3.63, 3.8) is 0 Å². The molecule has 1 aromatic carbocycles. The average Bonchev–Trinajstić information content (AvgIpc) is 2.92. The molecule has 0 amide bonds. The van der Waals surface area contributed by atoms with Gasteiger partial charge in [0.1, 0.15) is 12.4 Å². The summed E-state index contributed by atoms with van der Waals surface area (Å²) >= 11 is 0. The Bertz CT molecular complexity index is 533. The normalized spacial score (nSPS) is 29.4. The van der Waals surface area contributed by atoms with Crippen molar-refractivity contribution in [2.75, 3.05) is 20.2 Å². The van der Waals surface area contributed by atoms with Gasteiger partial charge in [0.05, 0.1) is 0 Å². The summed E-state index contributed by atoms with van der Waals surface area (Å²) in [5.74, 6) is 1.20. The zero-order valence-corrected chi connectivity index (χ0v) is 14.3. The van der Waals surface area contributed by atoms with Gasteiger partial charge in [0.2, 0.25) is 0 Å². The van der Waals surface area contributed by atoms with E-state index in [1.807, 2.05) is 0 Å². The second-order valence-corrected chi connectivity index (χ2v) is 7.25. The molecule has 0 bridgehead atoms. The summed E-state index contributed by atoms with van der Waals surface area (Å²) in [7, 11) is 2.22. The van der Waals surface area contributed by atoms with E-state index in [4.69, 9.17) is 4.74 Å². The molecule has 2 nitrogen and oxygen atoms in total. The first-order valence-electron chi connectivity index (χ1n) is 8.70. The molecule has 2 heteroatoms. The molecule has 1 aromatic rings. The van der Waals surface area contributed by atoms with Gasteiger partial charge in [-0.2, -0.15) is 0 Å². The highest BCUT2D eigenvalue weighted by atomic mass is 16.5. The van der Waals surface area contributed by atoms with Gasteiger partial charge in [-0.1, -0.05) is 29.8 Å². The minimum absolute atomic E-state index is 0.0448. The van der Waals surface area contributed by atoms with E-state index in [9.17, 15) is 0 Å². The molecule has 0 N–H and O–H groups in total. The van der Waals surface area contributed by atoms with E-state index in [-0.39, 0.29) is 5.41 Å². The second kappa shape index (κ2) is 6.45. The fourth-order valence-corrected chi connectivity index (χ4v) is 3.84. The number of likely N-dealkylation sites (N-methyl/N-ethyl adjacent to an activating group) is 1. The first-order valence-corrected chi connectivity index (χ1v) is 8.70. The van der Waals surface area contributed by atoms with E-state index < -0.39 is 0 Å². The van der Waals surface area contributed by atoms with Gasteiger partial charge in [-0.15, -0.1) is 0 Å². The number of nitrogens with zero attached hydrogens (tertiary/aromatic N) is 1. The molecule has 22 heavy (non-hydrogen) atoms. The van der Waals surface area contributed by atoms with Crippen molar-refractivity contribution < 1.29 is 4.74 Å². The lowest BCUT2D eigenvalue weighted by Crippen LogP contribution is -2.33. The maximum atomic E-state index is 6.36. The van der Waals surface area contributed by atoms with Crippen LogP contribution >= 0.6 is 0 Å². The van der Waals surface area contributed by atoms with Crippen molar-refractivity contribution in [1.29, 1.82) is 0 Å². The van der Waals surface area contributed by atoms with Crippen LogP contribution in [-0.4, -0.2) is 31.1 Å². The lowest BCUT2D eigenvalue weighted by Gasteiger charge is -2.36. The Kier molecular flexibility index (Phi) is 4.58. The van der Waals surface area contributed by atoms with Crippen LogP contribution in [0.2, 0.25) is 0 Å². The smallest absolute Gasteiger partial charge is 0.103 e. The Morgan fingerprint density at radius 1 is 1.23 bits per heavy atom. The SMILES string of the molecule is Cc1ccc([C@@]2(C)CCCC=C2OC[C@@H]2CCCN2C)cc1. The number of ether oxygens (including phenoxy) is 1. The molecular weight excluding hydrogens is 270 g/mol. The molecule has 0 unspecified atom stereocenters. The molecule has 1 fully saturated rings. The number of aryl methyl sites for hydroxylation is 1. The Hall–Kier alpha value is -1.28. The van der Waals surface area contributed by atoms with Crippen LogP contribution in [0.1, 0.15) is 50.2 Å². The van der Waals surface area contributed by atoms with Crippen molar-refractivity contribution in [1.82, 2.24) is 4.90 Å². The van der Waals surface area contributed by atoms with Crippen LogP contribution < -0.4 is 0 Å². The summed E-state index contributed by atoms with van der Waals surface area (Å²) in [5, 5.41) is 0. The first kappa shape index (κ1) is 15.6. The lowest BCUT2D eigenvalue weighted by atomic mass is 9.73. The van der Waals surface area contributed by atoms with Gasteiger partial charge >= 0.3 is 0 Å². The molecule has 1 heterocycles. The van der Waals surface area contributed by atoms with Crippen molar-refractivity contribution in [2.24, 2.45) is 0 Å². The summed E-state index contributed by atoms with van der Waals surface area (Å²) in [6, 6.07) is 9.58. The zero-order valence-electron chi connectivity index (χ0n) is 14.3. The third kappa shape index (κ3) is 3.08. The van der Waals surface area contributed by atoms with Gasteiger partial charge in [0, 0.05) is 11.5 Å². The van der Waals surface area contributed by atoms with Gasteiger partial charge in [-0.05, 0) is 71.2 Å². The standard InChI is InChI=1S/C20H29NO/c1-16-9-11-17(12-10-16)20(2)13-5-4-8-19(20)22-15-18-7-6-14-21(18)3/h8-12,18H,4-7,13-15H2,1-3H3/t18-,20+/m0/s1. The average molecular weight is 299 g/mol. The molecule has 2 atom stereocenters.